The van der Waals surface area contributed by atoms with Gasteiger partial charge in [-0.25, -0.2) is 24.6 Å². The molecule has 1 unspecified atom stereocenters. The number of nitrogens with zero attached hydrogens (tertiary/aromatic N) is 4. The van der Waals surface area contributed by atoms with Crippen LogP contribution in [0.1, 0.15) is 16.6 Å². The lowest BCUT2D eigenvalue weighted by Gasteiger charge is -2.39. The minimum Gasteiger partial charge on any atom is -0.465 e. The van der Waals surface area contributed by atoms with Gasteiger partial charge in [-0.15, -0.1) is 11.3 Å². The Morgan fingerprint density at radius 1 is 1.23 bits per heavy atom. The van der Waals surface area contributed by atoms with E-state index in [-0.39, 0.29) is 0 Å². The summed E-state index contributed by atoms with van der Waals surface area (Å²) in [5.74, 6) is 0.601. The predicted molar refractivity (Wildman–Crippen MR) is 117 cm³/mol. The van der Waals surface area contributed by atoms with E-state index in [9.17, 15) is 9.59 Å². The van der Waals surface area contributed by atoms with Gasteiger partial charge in [0.1, 0.15) is 21.6 Å². The Balaban J connectivity index is 1.50. The van der Waals surface area contributed by atoms with Crippen molar-refractivity contribution in [3.63, 3.8) is 0 Å². The normalized spacial score (nSPS) is 17.4. The van der Waals surface area contributed by atoms with E-state index < -0.39 is 18.2 Å². The molecule has 1 aromatic carbocycles. The van der Waals surface area contributed by atoms with E-state index in [4.69, 9.17) is 9.47 Å². The third-order valence-corrected chi connectivity index (χ3v) is 5.93. The molecule has 156 valence electrons. The number of benzene rings is 1. The maximum absolute atomic E-state index is 13.1. The number of carbonyl (C=O) groups is 2. The Hall–Kier alpha value is -3.92. The van der Waals surface area contributed by atoms with Crippen molar-refractivity contribution in [1.29, 1.82) is 0 Å². The van der Waals surface area contributed by atoms with Crippen molar-refractivity contribution in [3.05, 3.63) is 59.7 Å². The maximum atomic E-state index is 13.1. The van der Waals surface area contributed by atoms with Crippen molar-refractivity contribution < 1.29 is 19.1 Å². The average Bonchev–Trinajstić information content (AvgIpc) is 3.14. The number of urea groups is 1. The predicted octanol–water partition coefficient (Wildman–Crippen LogP) is 4.00. The third kappa shape index (κ3) is 3.17. The first kappa shape index (κ1) is 19.1. The summed E-state index contributed by atoms with van der Waals surface area (Å²) in [6, 6.07) is 10.7. The summed E-state index contributed by atoms with van der Waals surface area (Å²) in [5, 5.41) is 6.67. The topological polar surface area (TPSA) is 96.4 Å². The second kappa shape index (κ2) is 7.40. The first-order valence-corrected chi connectivity index (χ1v) is 10.3. The number of hydrogen-bond donors (Lipinski definition) is 1. The number of ether oxygens (including phenoxy) is 2. The van der Waals surface area contributed by atoms with Gasteiger partial charge in [0.15, 0.2) is 0 Å². The van der Waals surface area contributed by atoms with Crippen molar-refractivity contribution in [2.24, 2.45) is 4.99 Å². The Bertz CT molecular complexity index is 1250. The van der Waals surface area contributed by atoms with Gasteiger partial charge in [0, 0.05) is 18.5 Å². The molecule has 4 heterocycles. The molecule has 0 saturated carbocycles. The van der Waals surface area contributed by atoms with E-state index in [1.807, 2.05) is 37.3 Å². The number of esters is 1. The molecule has 2 aromatic heterocycles. The number of pyridine rings is 1. The van der Waals surface area contributed by atoms with Crippen LogP contribution < -0.4 is 15.1 Å². The second-order valence-corrected chi connectivity index (χ2v) is 7.76. The van der Waals surface area contributed by atoms with E-state index in [1.165, 1.54) is 23.5 Å². The smallest absolute Gasteiger partial charge is 0.350 e. The number of amides is 2. The van der Waals surface area contributed by atoms with Crippen LogP contribution in [0.15, 0.2) is 59.9 Å². The van der Waals surface area contributed by atoms with Crippen molar-refractivity contribution in [2.45, 2.75) is 13.1 Å². The molecule has 0 spiro atoms. The largest absolute Gasteiger partial charge is 0.465 e. The number of para-hydroxylation sites is 1. The van der Waals surface area contributed by atoms with Crippen molar-refractivity contribution >= 4 is 50.8 Å². The highest BCUT2D eigenvalue weighted by atomic mass is 32.1. The number of anilines is 2. The zero-order chi connectivity index (χ0) is 21.5. The van der Waals surface area contributed by atoms with Crippen LogP contribution in [-0.2, 0) is 4.74 Å². The molecule has 3 aromatic rings. The van der Waals surface area contributed by atoms with Gasteiger partial charge in [0.05, 0.1) is 23.9 Å². The highest BCUT2D eigenvalue weighted by Crippen LogP contribution is 2.44. The van der Waals surface area contributed by atoms with Crippen LogP contribution in [-0.4, -0.2) is 41.2 Å². The second-order valence-electron chi connectivity index (χ2n) is 6.76. The molecule has 1 N–H and O–H groups in total. The van der Waals surface area contributed by atoms with Gasteiger partial charge in [-0.05, 0) is 25.1 Å². The highest BCUT2D eigenvalue weighted by Gasteiger charge is 2.36. The Morgan fingerprint density at radius 2 is 2.03 bits per heavy atom. The number of thiophene rings is 1. The summed E-state index contributed by atoms with van der Waals surface area (Å²) in [6.07, 6.45) is 4.62. The van der Waals surface area contributed by atoms with Gasteiger partial charge >= 0.3 is 12.0 Å². The molecule has 5 rings (SSSR count). The summed E-state index contributed by atoms with van der Waals surface area (Å²) in [5.41, 5.74) is 1.02. The zero-order valence-corrected chi connectivity index (χ0v) is 17.4. The number of hydrogen-bond acceptors (Lipinski definition) is 8. The van der Waals surface area contributed by atoms with Crippen molar-refractivity contribution in [2.75, 3.05) is 17.4 Å². The van der Waals surface area contributed by atoms with Crippen LogP contribution in [0.4, 0.5) is 16.2 Å². The van der Waals surface area contributed by atoms with Gasteiger partial charge in [-0.2, -0.15) is 0 Å². The average molecular weight is 435 g/mol. The lowest BCUT2D eigenvalue weighted by Crippen LogP contribution is -2.52. The lowest BCUT2D eigenvalue weighted by molar-refractivity contribution is 0.0607. The Labute approximate surface area is 181 Å². The number of rotatable bonds is 3. The summed E-state index contributed by atoms with van der Waals surface area (Å²) in [4.78, 5) is 35.1. The number of hydrazine groups is 1. The number of methoxy groups -OCH3 is 1. The standard InChI is InChI=1S/C21H17N5O4S/c1-12-23-15(30-13-6-4-3-5-7-13)9-11-25(12)26-14-8-10-22-19-16(14)17(24-21(26)28)18(31-19)20(27)29-2/h3-12H,1-2H3,(H,24,28). The summed E-state index contributed by atoms with van der Waals surface area (Å²) >= 11 is 1.18. The van der Waals surface area contributed by atoms with Gasteiger partial charge in [-0.3, -0.25) is 5.01 Å². The van der Waals surface area contributed by atoms with Crippen LogP contribution in [0, 0.1) is 0 Å². The third-order valence-electron chi connectivity index (χ3n) is 4.86. The van der Waals surface area contributed by atoms with Crippen LogP contribution in [0.5, 0.6) is 5.75 Å². The van der Waals surface area contributed by atoms with Gasteiger partial charge in [0.2, 0.25) is 5.90 Å². The van der Waals surface area contributed by atoms with Crippen LogP contribution >= 0.6 is 11.3 Å². The van der Waals surface area contributed by atoms with Crippen molar-refractivity contribution in [1.82, 2.24) is 9.99 Å². The first-order valence-electron chi connectivity index (χ1n) is 9.45. The maximum Gasteiger partial charge on any atom is 0.350 e. The molecule has 0 saturated heterocycles. The first-order chi connectivity index (χ1) is 15.1. The Kier molecular flexibility index (Phi) is 4.55. The molecular weight excluding hydrogens is 418 g/mol. The highest BCUT2D eigenvalue weighted by molar-refractivity contribution is 7.21. The molecule has 0 radical (unpaired) electrons. The van der Waals surface area contributed by atoms with E-state index in [0.29, 0.717) is 38.1 Å². The van der Waals surface area contributed by atoms with Gasteiger partial charge in [0.25, 0.3) is 0 Å². The molecule has 10 heteroatoms. The molecule has 31 heavy (non-hydrogen) atoms. The monoisotopic (exact) mass is 435 g/mol. The van der Waals surface area contributed by atoms with E-state index >= 15 is 0 Å². The zero-order valence-electron chi connectivity index (χ0n) is 16.6. The summed E-state index contributed by atoms with van der Waals surface area (Å²) in [6.45, 7) is 1.85. The molecule has 0 fully saturated rings. The molecule has 2 amide bonds. The summed E-state index contributed by atoms with van der Waals surface area (Å²) in [7, 11) is 1.30. The SMILES string of the molecule is COC(=O)c1sc2nccc3c2c1NC(=O)N3N1C=CC(Oc2ccccc2)=NC1C. The number of aromatic nitrogens is 1. The van der Waals surface area contributed by atoms with E-state index in [0.717, 1.165) is 0 Å². The van der Waals surface area contributed by atoms with Crippen molar-refractivity contribution in [3.8, 4) is 5.75 Å². The molecule has 0 aliphatic carbocycles. The van der Waals surface area contributed by atoms with Gasteiger partial charge in [-0.1, -0.05) is 18.2 Å². The fourth-order valence-electron chi connectivity index (χ4n) is 3.49. The quantitative estimate of drug-likeness (QED) is 0.625. The fourth-order valence-corrected chi connectivity index (χ4v) is 4.53. The van der Waals surface area contributed by atoms with Gasteiger partial charge < -0.3 is 14.8 Å². The van der Waals surface area contributed by atoms with Crippen LogP contribution in [0.3, 0.4) is 0 Å². The fraction of sp³-hybridized carbons (Fsp3) is 0.143. The molecule has 0 bridgehead atoms. The molecule has 2 aliphatic heterocycles. The van der Waals surface area contributed by atoms with E-state index in [2.05, 4.69) is 15.3 Å². The minimum atomic E-state index is -0.517. The molecule has 2 aliphatic rings. The number of nitrogens with one attached hydrogen (secondary N) is 1. The molecular formula is C21H17N5O4S. The van der Waals surface area contributed by atoms with Crippen LogP contribution in [0.2, 0.25) is 0 Å². The minimum absolute atomic E-state index is 0.309. The van der Waals surface area contributed by atoms with E-state index in [1.54, 1.807) is 29.5 Å². The molecule has 1 atom stereocenters. The lowest BCUT2D eigenvalue weighted by atomic mass is 10.2. The number of aliphatic imine (C=N–C) groups is 1. The Morgan fingerprint density at radius 3 is 2.77 bits per heavy atom. The molecule has 9 nitrogen and oxygen atoms in total. The summed E-state index contributed by atoms with van der Waals surface area (Å²) < 4.78 is 10.7. The number of carbonyl (C=O) groups excluding carboxylic acids is 2. The van der Waals surface area contributed by atoms with Crippen LogP contribution in [0.25, 0.3) is 10.2 Å².